The first-order valence-corrected chi connectivity index (χ1v) is 7.28. The third-order valence-corrected chi connectivity index (χ3v) is 4.32. The maximum Gasteiger partial charge on any atom is 0.312 e. The number of carbonyl (C=O) groups is 1. The molecular weight excluding hydrogens is 224 g/mol. The van der Waals surface area contributed by atoms with Gasteiger partial charge in [0.05, 0.1) is 12.0 Å². The number of rotatable bonds is 5. The lowest BCUT2D eigenvalue weighted by molar-refractivity contribution is -0.157. The molecule has 18 heavy (non-hydrogen) atoms. The highest BCUT2D eigenvalue weighted by molar-refractivity contribution is 5.76. The Kier molecular flexibility index (Phi) is 5.90. The van der Waals surface area contributed by atoms with E-state index >= 15 is 0 Å². The summed E-state index contributed by atoms with van der Waals surface area (Å²) in [5.74, 6) is 0.746. The van der Waals surface area contributed by atoms with Crippen molar-refractivity contribution in [1.82, 2.24) is 0 Å². The van der Waals surface area contributed by atoms with Crippen molar-refractivity contribution in [2.45, 2.75) is 59.8 Å². The van der Waals surface area contributed by atoms with Crippen molar-refractivity contribution in [2.75, 3.05) is 6.61 Å². The second kappa shape index (κ2) is 6.96. The van der Waals surface area contributed by atoms with Crippen LogP contribution in [-0.4, -0.2) is 12.6 Å². The predicted octanol–water partition coefficient (Wildman–Crippen LogP) is 4.35. The zero-order valence-corrected chi connectivity index (χ0v) is 12.4. The molecule has 1 fully saturated rings. The summed E-state index contributed by atoms with van der Waals surface area (Å²) in [7, 11) is 0. The van der Waals surface area contributed by atoms with Crippen LogP contribution in [0.3, 0.4) is 0 Å². The molecule has 0 aromatic carbocycles. The summed E-state index contributed by atoms with van der Waals surface area (Å²) < 4.78 is 5.54. The third kappa shape index (κ3) is 4.15. The van der Waals surface area contributed by atoms with Crippen molar-refractivity contribution < 1.29 is 9.53 Å². The van der Waals surface area contributed by atoms with E-state index in [4.69, 9.17) is 4.74 Å². The lowest BCUT2D eigenvalue weighted by atomic mass is 9.80. The predicted molar refractivity (Wildman–Crippen MR) is 75.3 cm³/mol. The van der Waals surface area contributed by atoms with E-state index in [0.29, 0.717) is 12.5 Å². The van der Waals surface area contributed by atoms with Gasteiger partial charge in [-0.05, 0) is 45.4 Å². The molecule has 2 heteroatoms. The van der Waals surface area contributed by atoms with Crippen molar-refractivity contribution in [1.29, 1.82) is 0 Å². The lowest BCUT2D eigenvalue weighted by Gasteiger charge is -2.29. The van der Waals surface area contributed by atoms with Crippen molar-refractivity contribution in [3.63, 3.8) is 0 Å². The molecule has 0 bridgehead atoms. The second-order valence-corrected chi connectivity index (χ2v) is 6.14. The minimum Gasteiger partial charge on any atom is -0.465 e. The molecule has 1 saturated carbocycles. The van der Waals surface area contributed by atoms with Gasteiger partial charge in [-0.2, -0.15) is 0 Å². The Hall–Kier alpha value is -0.790. The summed E-state index contributed by atoms with van der Waals surface area (Å²) in [6.45, 7) is 8.62. The van der Waals surface area contributed by atoms with Crippen LogP contribution < -0.4 is 0 Å². The van der Waals surface area contributed by atoms with Crippen LogP contribution >= 0.6 is 0 Å². The minimum absolute atomic E-state index is 0.0568. The Bertz CT molecular complexity index is 285. The Morgan fingerprint density at radius 1 is 1.33 bits per heavy atom. The number of allylic oxidation sites excluding steroid dienone is 2. The molecule has 0 amide bonds. The van der Waals surface area contributed by atoms with Gasteiger partial charge in [-0.15, -0.1) is 0 Å². The molecule has 1 aliphatic rings. The molecule has 0 aliphatic heterocycles. The van der Waals surface area contributed by atoms with Gasteiger partial charge in [0.2, 0.25) is 0 Å². The number of ether oxygens (including phenoxy) is 1. The van der Waals surface area contributed by atoms with Crippen LogP contribution in [0.5, 0.6) is 0 Å². The van der Waals surface area contributed by atoms with Crippen LogP contribution in [0.15, 0.2) is 12.2 Å². The molecule has 0 spiro atoms. The molecule has 104 valence electrons. The van der Waals surface area contributed by atoms with E-state index in [1.165, 1.54) is 32.1 Å². The van der Waals surface area contributed by atoms with Crippen LogP contribution in [0.2, 0.25) is 0 Å². The average molecular weight is 252 g/mol. The molecule has 0 unspecified atom stereocenters. The molecule has 1 rings (SSSR count). The molecule has 0 radical (unpaired) electrons. The topological polar surface area (TPSA) is 26.3 Å². The van der Waals surface area contributed by atoms with Gasteiger partial charge in [-0.1, -0.05) is 38.3 Å². The van der Waals surface area contributed by atoms with E-state index in [1.54, 1.807) is 0 Å². The average Bonchev–Trinajstić information content (AvgIpc) is 2.37. The quantitative estimate of drug-likeness (QED) is 0.537. The zero-order chi connectivity index (χ0) is 13.6. The molecule has 0 aromatic heterocycles. The van der Waals surface area contributed by atoms with Gasteiger partial charge in [0, 0.05) is 0 Å². The van der Waals surface area contributed by atoms with E-state index in [-0.39, 0.29) is 11.9 Å². The SMILES string of the molecule is C/C=C/[C@H](C)C(C)(C)C(=O)OCC1CCCCC1. The van der Waals surface area contributed by atoms with Crippen LogP contribution in [0.25, 0.3) is 0 Å². The number of hydrogen-bond donors (Lipinski definition) is 0. The molecule has 1 aliphatic carbocycles. The fourth-order valence-electron chi connectivity index (χ4n) is 2.45. The van der Waals surface area contributed by atoms with Crippen LogP contribution in [0, 0.1) is 17.3 Å². The molecule has 0 heterocycles. The number of carbonyl (C=O) groups excluding carboxylic acids is 1. The Morgan fingerprint density at radius 3 is 2.50 bits per heavy atom. The fraction of sp³-hybridized carbons (Fsp3) is 0.812. The first kappa shape index (κ1) is 15.3. The Labute approximate surface area is 112 Å². The lowest BCUT2D eigenvalue weighted by Crippen LogP contribution is -2.33. The highest BCUT2D eigenvalue weighted by atomic mass is 16.5. The van der Waals surface area contributed by atoms with Crippen molar-refractivity contribution >= 4 is 5.97 Å². The van der Waals surface area contributed by atoms with Gasteiger partial charge in [-0.25, -0.2) is 0 Å². The summed E-state index contributed by atoms with van der Waals surface area (Å²) in [4.78, 5) is 12.2. The highest BCUT2D eigenvalue weighted by Crippen LogP contribution is 2.30. The standard InChI is InChI=1S/C16H28O2/c1-5-9-13(2)16(3,4)15(17)18-12-14-10-7-6-8-11-14/h5,9,13-14H,6-8,10-12H2,1-4H3/b9-5+/t13-/m0/s1. The first-order valence-electron chi connectivity index (χ1n) is 7.28. The van der Waals surface area contributed by atoms with E-state index in [9.17, 15) is 4.79 Å². The second-order valence-electron chi connectivity index (χ2n) is 6.14. The normalized spacial score (nSPS) is 20.0. The van der Waals surface area contributed by atoms with E-state index in [2.05, 4.69) is 13.0 Å². The molecule has 2 nitrogen and oxygen atoms in total. The molecule has 0 N–H and O–H groups in total. The molecular formula is C16H28O2. The summed E-state index contributed by atoms with van der Waals surface area (Å²) in [6.07, 6.45) is 10.4. The van der Waals surface area contributed by atoms with Gasteiger partial charge < -0.3 is 4.74 Å². The van der Waals surface area contributed by atoms with Crippen LogP contribution in [0.1, 0.15) is 59.8 Å². The minimum atomic E-state index is -0.429. The van der Waals surface area contributed by atoms with Gasteiger partial charge in [0.15, 0.2) is 0 Å². The number of esters is 1. The monoisotopic (exact) mass is 252 g/mol. The van der Waals surface area contributed by atoms with Crippen molar-refractivity contribution in [2.24, 2.45) is 17.3 Å². The number of hydrogen-bond acceptors (Lipinski definition) is 2. The summed E-state index contributed by atoms with van der Waals surface area (Å²) in [6, 6.07) is 0. The van der Waals surface area contributed by atoms with E-state index < -0.39 is 5.41 Å². The Balaban J connectivity index is 2.43. The Morgan fingerprint density at radius 2 is 1.94 bits per heavy atom. The smallest absolute Gasteiger partial charge is 0.312 e. The first-order chi connectivity index (χ1) is 8.48. The van der Waals surface area contributed by atoms with Gasteiger partial charge in [0.1, 0.15) is 0 Å². The fourth-order valence-corrected chi connectivity index (χ4v) is 2.45. The highest BCUT2D eigenvalue weighted by Gasteiger charge is 2.34. The van der Waals surface area contributed by atoms with Crippen molar-refractivity contribution in [3.8, 4) is 0 Å². The van der Waals surface area contributed by atoms with Crippen LogP contribution in [-0.2, 0) is 9.53 Å². The largest absolute Gasteiger partial charge is 0.465 e. The van der Waals surface area contributed by atoms with Gasteiger partial charge in [-0.3, -0.25) is 4.79 Å². The van der Waals surface area contributed by atoms with Gasteiger partial charge in [0.25, 0.3) is 0 Å². The summed E-state index contributed by atoms with van der Waals surface area (Å²) >= 11 is 0. The van der Waals surface area contributed by atoms with Crippen molar-refractivity contribution in [3.05, 3.63) is 12.2 Å². The van der Waals surface area contributed by atoms with Crippen LogP contribution in [0.4, 0.5) is 0 Å². The van der Waals surface area contributed by atoms with E-state index in [0.717, 1.165) is 0 Å². The molecule has 0 saturated heterocycles. The molecule has 0 aromatic rings. The summed E-state index contributed by atoms with van der Waals surface area (Å²) in [5, 5.41) is 0. The van der Waals surface area contributed by atoms with Gasteiger partial charge >= 0.3 is 5.97 Å². The maximum absolute atomic E-state index is 12.2. The zero-order valence-electron chi connectivity index (χ0n) is 12.4. The maximum atomic E-state index is 12.2. The van der Waals surface area contributed by atoms with E-state index in [1.807, 2.05) is 26.8 Å². The third-order valence-electron chi connectivity index (χ3n) is 4.32. The molecule has 1 atom stereocenters. The summed E-state index contributed by atoms with van der Waals surface area (Å²) in [5.41, 5.74) is -0.429.